The molecule has 5 nitrogen and oxygen atoms in total. The van der Waals surface area contributed by atoms with Crippen molar-refractivity contribution in [3.63, 3.8) is 0 Å². The van der Waals surface area contributed by atoms with E-state index >= 15 is 0 Å². The van der Waals surface area contributed by atoms with Crippen molar-refractivity contribution in [1.29, 1.82) is 0 Å². The molecular weight excluding hydrogens is 973 g/mol. The highest BCUT2D eigenvalue weighted by atomic mass is 16.3. The molecule has 14 aromatic rings. The number of aromatic nitrogens is 4. The number of hydrogen-bond donors (Lipinski definition) is 0. The minimum atomic E-state index is -2.37. The van der Waals surface area contributed by atoms with Gasteiger partial charge >= 0.3 is 0 Å². The summed E-state index contributed by atoms with van der Waals surface area (Å²) in [5.74, 6) is 0. The molecule has 14 rings (SSSR count). The standard InChI is InChI=1S/C75H50N4O/c1-49-25-39-68-69-41-42-73(79-75(69)80-74(68)78-49)57-38-40-67(70(48-57)54-28-26-51(27-29-54)50-15-3-2-4-16-50)66-22-10-9-21-65(66)60-46-58(63-19-7-5-17-61(63)52-30-34-55(35-31-52)71-23-11-13-43-76-71)45-59(47-60)64-20-8-6-18-62(64)53-32-36-56(37-33-53)72-24-12-14-44-77-72/h2-48H,1H3/i1D3. The first kappa shape index (κ1) is 44.5. The normalized spacial score (nSPS) is 12.0. The summed E-state index contributed by atoms with van der Waals surface area (Å²) in [6.45, 7) is -2.37. The van der Waals surface area contributed by atoms with Crippen LogP contribution in [0.25, 0.3) is 145 Å². The number of pyridine rings is 4. The fourth-order valence-corrected chi connectivity index (χ4v) is 11.1. The summed E-state index contributed by atoms with van der Waals surface area (Å²) in [5.41, 5.74) is 23.7. The van der Waals surface area contributed by atoms with E-state index in [-0.39, 0.29) is 11.4 Å². The fourth-order valence-electron chi connectivity index (χ4n) is 11.1. The van der Waals surface area contributed by atoms with Crippen molar-refractivity contribution in [1.82, 2.24) is 19.9 Å². The van der Waals surface area contributed by atoms with Gasteiger partial charge in [0.15, 0.2) is 0 Å². The van der Waals surface area contributed by atoms with Crippen LogP contribution >= 0.6 is 0 Å². The number of fused-ring (bicyclic) bond motifs is 3. The molecule has 0 saturated heterocycles. The average Bonchev–Trinajstić information content (AvgIpc) is 4.20. The molecule has 0 spiro atoms. The van der Waals surface area contributed by atoms with Gasteiger partial charge in [0.05, 0.1) is 17.1 Å². The van der Waals surface area contributed by atoms with Crippen LogP contribution in [0, 0.1) is 6.85 Å². The molecule has 0 aliphatic rings. The first-order valence-electron chi connectivity index (χ1n) is 28.2. The van der Waals surface area contributed by atoms with E-state index in [2.05, 4.69) is 221 Å². The summed E-state index contributed by atoms with van der Waals surface area (Å²) in [6.07, 6.45) is 3.66. The number of nitrogens with zero attached hydrogens (tertiary/aromatic N) is 4. The Morgan fingerprint density at radius 3 is 1.19 bits per heavy atom. The molecule has 0 fully saturated rings. The van der Waals surface area contributed by atoms with E-state index in [9.17, 15) is 0 Å². The maximum atomic E-state index is 7.95. The predicted octanol–water partition coefficient (Wildman–Crippen LogP) is 19.8. The summed E-state index contributed by atoms with van der Waals surface area (Å²) >= 11 is 0. The highest BCUT2D eigenvalue weighted by Crippen LogP contribution is 2.45. The first-order valence-corrected chi connectivity index (χ1v) is 26.7. The number of hydrogen-bond acceptors (Lipinski definition) is 5. The molecule has 0 N–H and O–H groups in total. The van der Waals surface area contributed by atoms with Gasteiger partial charge in [-0.15, -0.1) is 0 Å². The van der Waals surface area contributed by atoms with Crippen molar-refractivity contribution < 1.29 is 8.53 Å². The van der Waals surface area contributed by atoms with Gasteiger partial charge in [-0.05, 0) is 169 Å². The lowest BCUT2D eigenvalue weighted by atomic mass is 9.84. The maximum absolute atomic E-state index is 7.95. The van der Waals surface area contributed by atoms with E-state index in [1.165, 1.54) is 6.07 Å². The van der Waals surface area contributed by atoms with Crippen molar-refractivity contribution in [3.05, 3.63) is 291 Å². The van der Waals surface area contributed by atoms with Gasteiger partial charge < -0.3 is 4.42 Å². The van der Waals surface area contributed by atoms with Crippen LogP contribution in [-0.2, 0) is 0 Å². The van der Waals surface area contributed by atoms with Crippen LogP contribution < -0.4 is 0 Å². The number of furan rings is 1. The molecule has 0 aliphatic heterocycles. The van der Waals surface area contributed by atoms with E-state index in [1.807, 2.05) is 67.0 Å². The second-order valence-corrected chi connectivity index (χ2v) is 19.9. The van der Waals surface area contributed by atoms with E-state index in [1.54, 1.807) is 6.07 Å². The third kappa shape index (κ3) is 9.23. The van der Waals surface area contributed by atoms with Crippen LogP contribution in [0.1, 0.15) is 9.81 Å². The third-order valence-electron chi connectivity index (χ3n) is 15.1. The summed E-state index contributed by atoms with van der Waals surface area (Å²) < 4.78 is 30.0. The van der Waals surface area contributed by atoms with Gasteiger partial charge in [-0.2, -0.15) is 0 Å². The topological polar surface area (TPSA) is 64.7 Å². The zero-order chi connectivity index (χ0) is 55.9. The zero-order valence-corrected chi connectivity index (χ0v) is 43.3. The van der Waals surface area contributed by atoms with Gasteiger partial charge in [0.25, 0.3) is 0 Å². The SMILES string of the molecule is [2H]C([2H])([2H])c1ccc2c(n1)oc1nc(-c3ccc(-c4ccccc4-c4cc(-c5ccccc5-c5ccc(-c6ccccn6)cc5)cc(-c5ccccc5-c5ccc(-c6ccccn6)cc5)c4)c(-c4ccc(-c5ccccc5)cc4)c3)ccc12. The van der Waals surface area contributed by atoms with Gasteiger partial charge in [-0.25, -0.2) is 9.97 Å². The van der Waals surface area contributed by atoms with E-state index in [4.69, 9.17) is 13.5 Å². The number of aryl methyl sites for hydroxylation is 1. The van der Waals surface area contributed by atoms with E-state index < -0.39 is 6.85 Å². The van der Waals surface area contributed by atoms with Gasteiger partial charge in [0.2, 0.25) is 11.4 Å². The molecule has 80 heavy (non-hydrogen) atoms. The Bertz CT molecular complexity index is 4530. The highest BCUT2D eigenvalue weighted by Gasteiger charge is 2.20. The second-order valence-electron chi connectivity index (χ2n) is 19.9. The molecule has 0 saturated carbocycles. The lowest BCUT2D eigenvalue weighted by Gasteiger charge is -2.19. The van der Waals surface area contributed by atoms with Crippen molar-refractivity contribution in [2.24, 2.45) is 0 Å². The van der Waals surface area contributed by atoms with Crippen LogP contribution in [0.4, 0.5) is 0 Å². The Kier molecular flexibility index (Phi) is 11.5. The molecule has 0 bridgehead atoms. The smallest absolute Gasteiger partial charge is 0.230 e. The molecule has 0 aliphatic carbocycles. The molecule has 5 heteroatoms. The van der Waals surface area contributed by atoms with Crippen LogP contribution in [0.5, 0.6) is 0 Å². The second kappa shape index (κ2) is 20.7. The molecule has 5 aromatic heterocycles. The van der Waals surface area contributed by atoms with Gasteiger partial charge in [-0.3, -0.25) is 9.97 Å². The molecule has 0 unspecified atom stereocenters. The average molecular weight is 1030 g/mol. The van der Waals surface area contributed by atoms with Crippen molar-refractivity contribution in [2.75, 3.05) is 0 Å². The van der Waals surface area contributed by atoms with Crippen LogP contribution in [0.2, 0.25) is 0 Å². The largest absolute Gasteiger partial charge is 0.419 e. The molecule has 0 radical (unpaired) electrons. The highest BCUT2D eigenvalue weighted by molar-refractivity contribution is 6.03. The van der Waals surface area contributed by atoms with Crippen molar-refractivity contribution in [2.45, 2.75) is 6.85 Å². The zero-order valence-electron chi connectivity index (χ0n) is 46.3. The molecule has 0 amide bonds. The summed E-state index contributed by atoms with van der Waals surface area (Å²) in [6, 6.07) is 95.6. The van der Waals surface area contributed by atoms with E-state index in [0.29, 0.717) is 16.8 Å². The van der Waals surface area contributed by atoms with Gasteiger partial charge in [0.1, 0.15) is 0 Å². The third-order valence-corrected chi connectivity index (χ3v) is 15.1. The summed E-state index contributed by atoms with van der Waals surface area (Å²) in [4.78, 5) is 18.7. The number of benzene rings is 9. The van der Waals surface area contributed by atoms with Gasteiger partial charge in [-0.1, -0.05) is 200 Å². The predicted molar refractivity (Wildman–Crippen MR) is 329 cm³/mol. The summed E-state index contributed by atoms with van der Waals surface area (Å²) in [5, 5.41) is 1.47. The fraction of sp³-hybridized carbons (Fsp3) is 0.0133. The maximum Gasteiger partial charge on any atom is 0.230 e. The molecule has 376 valence electrons. The van der Waals surface area contributed by atoms with Crippen molar-refractivity contribution >= 4 is 22.2 Å². The van der Waals surface area contributed by atoms with Crippen LogP contribution in [0.3, 0.4) is 0 Å². The van der Waals surface area contributed by atoms with Gasteiger partial charge in [0, 0.05) is 49.7 Å². The minimum Gasteiger partial charge on any atom is -0.419 e. The van der Waals surface area contributed by atoms with E-state index in [0.717, 1.165) is 122 Å². The monoisotopic (exact) mass is 1030 g/mol. The molecule has 0 atom stereocenters. The Hall–Kier alpha value is -10.6. The molecule has 5 heterocycles. The molecular formula is C75H50N4O. The van der Waals surface area contributed by atoms with Crippen LogP contribution in [-0.4, -0.2) is 19.9 Å². The quantitative estimate of drug-likeness (QED) is 0.129. The Morgan fingerprint density at radius 2 is 0.662 bits per heavy atom. The Labute approximate surface area is 469 Å². The summed E-state index contributed by atoms with van der Waals surface area (Å²) in [7, 11) is 0. The molecule has 9 aromatic carbocycles. The lowest BCUT2D eigenvalue weighted by molar-refractivity contribution is 0.639. The number of rotatable bonds is 11. The minimum absolute atomic E-state index is 0.0214. The Balaban J connectivity index is 0.935. The van der Waals surface area contributed by atoms with Crippen molar-refractivity contribution in [3.8, 4) is 123 Å². The lowest BCUT2D eigenvalue weighted by Crippen LogP contribution is -1.94. The van der Waals surface area contributed by atoms with Crippen LogP contribution in [0.15, 0.2) is 290 Å². The first-order chi connectivity index (χ1) is 40.8. The Morgan fingerprint density at radius 1 is 0.263 bits per heavy atom.